The first-order valence-corrected chi connectivity index (χ1v) is 11.7. The number of carbonyl (C=O) groups excluding carboxylic acids is 2. The van der Waals surface area contributed by atoms with E-state index in [4.69, 9.17) is 9.84 Å². The van der Waals surface area contributed by atoms with E-state index in [1.165, 1.54) is 4.90 Å². The molecule has 0 spiro atoms. The molecule has 0 bridgehead atoms. The van der Waals surface area contributed by atoms with E-state index in [-0.39, 0.29) is 30.4 Å². The van der Waals surface area contributed by atoms with Gasteiger partial charge in [0.15, 0.2) is 0 Å². The lowest BCUT2D eigenvalue weighted by atomic mass is 9.92. The maximum atomic E-state index is 13.1. The third kappa shape index (κ3) is 6.93. The molecule has 0 radical (unpaired) electrons. The summed E-state index contributed by atoms with van der Waals surface area (Å²) >= 11 is 0. The summed E-state index contributed by atoms with van der Waals surface area (Å²) < 4.78 is 6.91. The van der Waals surface area contributed by atoms with Crippen molar-refractivity contribution >= 4 is 23.4 Å². The van der Waals surface area contributed by atoms with Crippen LogP contribution in [-0.2, 0) is 14.9 Å². The third-order valence-electron chi connectivity index (χ3n) is 5.55. The van der Waals surface area contributed by atoms with E-state index in [1.807, 2.05) is 68.4 Å². The second-order valence-corrected chi connectivity index (χ2v) is 9.63. The summed E-state index contributed by atoms with van der Waals surface area (Å²) in [7, 11) is 1.56. The molecule has 0 unspecified atom stereocenters. The molecular weight excluding hydrogens is 442 g/mol. The number of para-hydroxylation sites is 1. The number of nitrogens with one attached hydrogen (secondary N) is 2. The topological polar surface area (TPSA) is 88.5 Å². The van der Waals surface area contributed by atoms with Crippen LogP contribution in [0.2, 0.25) is 0 Å². The molecule has 2 N–H and O–H groups in total. The number of ether oxygens (including phenoxy) is 1. The fourth-order valence-electron chi connectivity index (χ4n) is 3.56. The van der Waals surface area contributed by atoms with Crippen molar-refractivity contribution in [1.29, 1.82) is 0 Å². The number of nitrogens with zero attached hydrogens (tertiary/aromatic N) is 3. The quantitative estimate of drug-likeness (QED) is 0.483. The monoisotopic (exact) mass is 477 g/mol. The highest BCUT2D eigenvalue weighted by atomic mass is 16.5. The summed E-state index contributed by atoms with van der Waals surface area (Å²) in [6, 6.07) is 16.9. The minimum absolute atomic E-state index is 0.134. The van der Waals surface area contributed by atoms with Crippen LogP contribution in [0.5, 0.6) is 0 Å². The maximum Gasteiger partial charge on any atom is 0.322 e. The van der Waals surface area contributed by atoms with Crippen molar-refractivity contribution in [2.24, 2.45) is 0 Å². The van der Waals surface area contributed by atoms with Gasteiger partial charge in [0.25, 0.3) is 0 Å². The summed E-state index contributed by atoms with van der Waals surface area (Å²) in [5, 5.41) is 10.6. The average molecular weight is 478 g/mol. The Kier molecular flexibility index (Phi) is 8.30. The molecule has 8 nitrogen and oxygen atoms in total. The number of rotatable bonds is 8. The van der Waals surface area contributed by atoms with Crippen LogP contribution in [0.4, 0.5) is 16.3 Å². The number of carbonyl (C=O) groups is 2. The van der Waals surface area contributed by atoms with Gasteiger partial charge in [-0.05, 0) is 43.2 Å². The summed E-state index contributed by atoms with van der Waals surface area (Å²) in [5.74, 6) is 0.232. The van der Waals surface area contributed by atoms with Gasteiger partial charge < -0.3 is 20.3 Å². The minimum atomic E-state index is -0.370. The third-order valence-corrected chi connectivity index (χ3v) is 5.55. The molecule has 3 amide bonds. The zero-order valence-corrected chi connectivity index (χ0v) is 21.4. The number of hydrogen-bond donors (Lipinski definition) is 2. The van der Waals surface area contributed by atoms with Crippen molar-refractivity contribution in [2.45, 2.75) is 40.0 Å². The van der Waals surface area contributed by atoms with Gasteiger partial charge in [-0.1, -0.05) is 51.1 Å². The highest BCUT2D eigenvalue weighted by Gasteiger charge is 2.23. The van der Waals surface area contributed by atoms with E-state index in [0.717, 1.165) is 22.5 Å². The number of aromatic nitrogens is 2. The van der Waals surface area contributed by atoms with Crippen molar-refractivity contribution in [3.05, 3.63) is 71.4 Å². The molecule has 1 aromatic heterocycles. The van der Waals surface area contributed by atoms with Gasteiger partial charge in [0.1, 0.15) is 12.4 Å². The van der Waals surface area contributed by atoms with E-state index < -0.39 is 0 Å². The zero-order chi connectivity index (χ0) is 25.6. The van der Waals surface area contributed by atoms with Gasteiger partial charge in [-0.2, -0.15) is 5.10 Å². The SMILES string of the molecule is COCCN(CC(=O)Nc1cc(C(C)(C)C)nn1-c1ccccc1C)C(=O)Nc1cccc(C)c1. The number of urea groups is 1. The highest BCUT2D eigenvalue weighted by Crippen LogP contribution is 2.27. The van der Waals surface area contributed by atoms with Gasteiger partial charge in [0, 0.05) is 30.8 Å². The first kappa shape index (κ1) is 26.0. The molecule has 0 saturated carbocycles. The second kappa shape index (κ2) is 11.2. The van der Waals surface area contributed by atoms with Gasteiger partial charge in [-0.15, -0.1) is 0 Å². The Labute approximate surface area is 207 Å². The van der Waals surface area contributed by atoms with Crippen molar-refractivity contribution < 1.29 is 14.3 Å². The molecule has 0 saturated heterocycles. The largest absolute Gasteiger partial charge is 0.383 e. The first-order chi connectivity index (χ1) is 16.6. The normalized spacial score (nSPS) is 11.3. The summed E-state index contributed by atoms with van der Waals surface area (Å²) in [6.07, 6.45) is 0. The fraction of sp³-hybridized carbons (Fsp3) is 0.370. The van der Waals surface area contributed by atoms with Crippen LogP contribution in [-0.4, -0.2) is 53.4 Å². The highest BCUT2D eigenvalue weighted by molar-refractivity contribution is 5.96. The van der Waals surface area contributed by atoms with Crippen molar-refractivity contribution in [1.82, 2.24) is 14.7 Å². The Hall–Kier alpha value is -3.65. The molecule has 3 rings (SSSR count). The van der Waals surface area contributed by atoms with E-state index in [1.54, 1.807) is 11.8 Å². The molecule has 186 valence electrons. The molecule has 0 aliphatic rings. The van der Waals surface area contributed by atoms with E-state index in [0.29, 0.717) is 18.1 Å². The van der Waals surface area contributed by atoms with Crippen molar-refractivity contribution in [3.8, 4) is 5.69 Å². The molecule has 35 heavy (non-hydrogen) atoms. The molecule has 0 fully saturated rings. The molecule has 2 aromatic carbocycles. The van der Waals surface area contributed by atoms with Crippen LogP contribution in [0.25, 0.3) is 5.69 Å². The molecule has 8 heteroatoms. The molecule has 1 heterocycles. The Balaban J connectivity index is 1.82. The van der Waals surface area contributed by atoms with Crippen LogP contribution in [0.15, 0.2) is 54.6 Å². The lowest BCUT2D eigenvalue weighted by Crippen LogP contribution is -2.42. The number of hydrogen-bond acceptors (Lipinski definition) is 4. The number of aryl methyl sites for hydroxylation is 2. The molecule has 3 aromatic rings. The predicted molar refractivity (Wildman–Crippen MR) is 139 cm³/mol. The lowest BCUT2D eigenvalue weighted by molar-refractivity contribution is -0.116. The standard InChI is InChI=1S/C27H35N5O3/c1-19-10-9-12-21(16-19)28-26(34)31(14-15-35-6)18-25(33)29-24-17-23(27(3,4)5)30-32(24)22-13-8-7-11-20(22)2/h7-13,16-17H,14-15,18H2,1-6H3,(H,28,34)(H,29,33). The molecular formula is C27H35N5O3. The Morgan fingerprint density at radius 2 is 1.77 bits per heavy atom. The van der Waals surface area contributed by atoms with Crippen LogP contribution >= 0.6 is 0 Å². The molecule has 0 aliphatic heterocycles. The zero-order valence-electron chi connectivity index (χ0n) is 21.4. The van der Waals surface area contributed by atoms with E-state index >= 15 is 0 Å². The minimum Gasteiger partial charge on any atom is -0.383 e. The van der Waals surface area contributed by atoms with E-state index in [9.17, 15) is 9.59 Å². The van der Waals surface area contributed by atoms with Gasteiger partial charge in [0.2, 0.25) is 5.91 Å². The van der Waals surface area contributed by atoms with Crippen LogP contribution in [0.1, 0.15) is 37.6 Å². The predicted octanol–water partition coefficient (Wildman–Crippen LogP) is 4.91. The lowest BCUT2D eigenvalue weighted by Gasteiger charge is -2.22. The van der Waals surface area contributed by atoms with E-state index in [2.05, 4.69) is 31.4 Å². The number of benzene rings is 2. The van der Waals surface area contributed by atoms with Gasteiger partial charge in [0.05, 0.1) is 18.0 Å². The van der Waals surface area contributed by atoms with Gasteiger partial charge in [-0.3, -0.25) is 4.79 Å². The Bertz CT molecular complexity index is 1180. The number of amides is 3. The average Bonchev–Trinajstić information content (AvgIpc) is 3.21. The van der Waals surface area contributed by atoms with Crippen molar-refractivity contribution in [3.63, 3.8) is 0 Å². The Morgan fingerprint density at radius 3 is 2.43 bits per heavy atom. The van der Waals surface area contributed by atoms with Crippen LogP contribution in [0, 0.1) is 13.8 Å². The van der Waals surface area contributed by atoms with Gasteiger partial charge in [-0.25, -0.2) is 9.48 Å². The van der Waals surface area contributed by atoms with Crippen molar-refractivity contribution in [2.75, 3.05) is 37.4 Å². The summed E-state index contributed by atoms with van der Waals surface area (Å²) in [5.41, 5.74) is 4.27. The summed E-state index contributed by atoms with van der Waals surface area (Å²) in [4.78, 5) is 27.5. The van der Waals surface area contributed by atoms with Crippen LogP contribution in [0.3, 0.4) is 0 Å². The second-order valence-electron chi connectivity index (χ2n) is 9.63. The fourth-order valence-corrected chi connectivity index (χ4v) is 3.56. The summed E-state index contributed by atoms with van der Waals surface area (Å²) in [6.45, 7) is 10.6. The number of anilines is 2. The first-order valence-electron chi connectivity index (χ1n) is 11.7. The molecule has 0 aliphatic carbocycles. The maximum absolute atomic E-state index is 13.1. The number of methoxy groups -OCH3 is 1. The van der Waals surface area contributed by atoms with Crippen LogP contribution < -0.4 is 10.6 Å². The van der Waals surface area contributed by atoms with Gasteiger partial charge >= 0.3 is 6.03 Å². The Morgan fingerprint density at radius 1 is 1.03 bits per heavy atom. The molecule has 0 atom stereocenters. The smallest absolute Gasteiger partial charge is 0.322 e.